The topological polar surface area (TPSA) is 55.1 Å². The van der Waals surface area contributed by atoms with Gasteiger partial charge in [0.25, 0.3) is 0 Å². The zero-order valence-electron chi connectivity index (χ0n) is 10.1. The van der Waals surface area contributed by atoms with Crippen molar-refractivity contribution in [2.75, 3.05) is 0 Å². The van der Waals surface area contributed by atoms with Gasteiger partial charge in [0.2, 0.25) is 5.91 Å². The number of nitrogens with two attached hydrogens (primary N) is 1. The van der Waals surface area contributed by atoms with Gasteiger partial charge in [-0.3, -0.25) is 4.79 Å². The van der Waals surface area contributed by atoms with Crippen molar-refractivity contribution in [2.45, 2.75) is 31.8 Å². The molecular weight excluding hydrogens is 271 g/mol. The van der Waals surface area contributed by atoms with E-state index in [1.165, 1.54) is 0 Å². The van der Waals surface area contributed by atoms with Gasteiger partial charge in [0.15, 0.2) is 0 Å². The lowest BCUT2D eigenvalue weighted by atomic mass is 10.1. The molecule has 0 spiro atoms. The summed E-state index contributed by atoms with van der Waals surface area (Å²) in [6, 6.07) is 7.71. The smallest absolute Gasteiger partial charge is 0.223 e. The number of nitrogens with one attached hydrogen (secondary N) is 1. The van der Waals surface area contributed by atoms with Crippen LogP contribution in [0.5, 0.6) is 0 Å². The third-order valence-corrected chi connectivity index (χ3v) is 3.43. The summed E-state index contributed by atoms with van der Waals surface area (Å²) in [6.07, 6.45) is 2.67. The van der Waals surface area contributed by atoms with E-state index in [1.54, 1.807) is 0 Å². The Morgan fingerprint density at radius 2 is 2.22 bits per heavy atom. The van der Waals surface area contributed by atoms with E-state index in [9.17, 15) is 4.79 Å². The summed E-state index contributed by atoms with van der Waals surface area (Å²) in [5, 5.41) is 3.63. The highest BCUT2D eigenvalue weighted by Crippen LogP contribution is 2.24. The maximum absolute atomic E-state index is 11.8. The first-order chi connectivity index (χ1) is 8.15. The summed E-state index contributed by atoms with van der Waals surface area (Å²) >= 11 is 5.88. The first-order valence-electron chi connectivity index (χ1n) is 5.93. The van der Waals surface area contributed by atoms with Crippen molar-refractivity contribution in [3.8, 4) is 0 Å². The average molecular weight is 289 g/mol. The molecule has 2 unspecified atom stereocenters. The Morgan fingerprint density at radius 3 is 2.83 bits per heavy atom. The van der Waals surface area contributed by atoms with Gasteiger partial charge >= 0.3 is 0 Å². The van der Waals surface area contributed by atoms with Crippen LogP contribution in [0.15, 0.2) is 24.3 Å². The zero-order valence-corrected chi connectivity index (χ0v) is 11.6. The molecule has 0 saturated heterocycles. The van der Waals surface area contributed by atoms with Crippen molar-refractivity contribution in [3.05, 3.63) is 34.9 Å². The van der Waals surface area contributed by atoms with E-state index >= 15 is 0 Å². The van der Waals surface area contributed by atoms with Crippen LogP contribution in [0.25, 0.3) is 0 Å². The molecule has 3 nitrogen and oxygen atoms in total. The van der Waals surface area contributed by atoms with Crippen LogP contribution in [-0.4, -0.2) is 11.9 Å². The summed E-state index contributed by atoms with van der Waals surface area (Å²) in [7, 11) is 0. The molecule has 5 heteroatoms. The van der Waals surface area contributed by atoms with Gasteiger partial charge in [-0.15, -0.1) is 12.4 Å². The number of hydrogen-bond donors (Lipinski definition) is 2. The van der Waals surface area contributed by atoms with E-state index in [1.807, 2.05) is 24.3 Å². The molecule has 0 radical (unpaired) electrons. The van der Waals surface area contributed by atoms with Crippen molar-refractivity contribution < 1.29 is 4.79 Å². The molecule has 2 atom stereocenters. The summed E-state index contributed by atoms with van der Waals surface area (Å²) in [4.78, 5) is 11.8. The number of hydrogen-bond acceptors (Lipinski definition) is 2. The molecule has 0 aliphatic heterocycles. The first-order valence-corrected chi connectivity index (χ1v) is 6.30. The molecule has 1 aromatic rings. The van der Waals surface area contributed by atoms with Crippen LogP contribution in [0.1, 0.15) is 24.8 Å². The second kappa shape index (κ2) is 6.98. The van der Waals surface area contributed by atoms with E-state index in [-0.39, 0.29) is 30.3 Å². The van der Waals surface area contributed by atoms with Gasteiger partial charge in [0.05, 0.1) is 0 Å². The molecule has 1 aliphatic rings. The molecule has 3 N–H and O–H groups in total. The molecule has 0 bridgehead atoms. The second-order valence-electron chi connectivity index (χ2n) is 4.62. The molecule has 1 saturated carbocycles. The van der Waals surface area contributed by atoms with Gasteiger partial charge in [-0.05, 0) is 37.0 Å². The Kier molecular flexibility index (Phi) is 5.93. The minimum atomic E-state index is 0. The van der Waals surface area contributed by atoms with Crippen molar-refractivity contribution in [3.63, 3.8) is 0 Å². The third kappa shape index (κ3) is 4.16. The molecule has 0 aromatic heterocycles. The maximum atomic E-state index is 11.8. The van der Waals surface area contributed by atoms with Crippen molar-refractivity contribution in [1.82, 2.24) is 5.32 Å². The highest BCUT2D eigenvalue weighted by molar-refractivity contribution is 6.30. The summed E-state index contributed by atoms with van der Waals surface area (Å²) < 4.78 is 0. The summed E-state index contributed by atoms with van der Waals surface area (Å²) in [5.74, 6) is 0.196. The standard InChI is InChI=1S/C13H17ClN2O.ClH/c14-11-3-1-2-9(6-11)8-16-13(17)10-4-5-12(15)7-10;/h1-3,6,10,12H,4-5,7-8,15H2,(H,16,17);1H. The molecule has 2 rings (SSSR count). The van der Waals surface area contributed by atoms with E-state index in [0.717, 1.165) is 24.8 Å². The van der Waals surface area contributed by atoms with Crippen LogP contribution in [0.4, 0.5) is 0 Å². The summed E-state index contributed by atoms with van der Waals surface area (Å²) in [5.41, 5.74) is 6.81. The lowest BCUT2D eigenvalue weighted by Crippen LogP contribution is -2.29. The Morgan fingerprint density at radius 1 is 1.44 bits per heavy atom. The molecule has 18 heavy (non-hydrogen) atoms. The van der Waals surface area contributed by atoms with Crippen LogP contribution in [0.3, 0.4) is 0 Å². The van der Waals surface area contributed by atoms with Gasteiger partial charge in [-0.25, -0.2) is 0 Å². The van der Waals surface area contributed by atoms with Crippen LogP contribution in [0.2, 0.25) is 5.02 Å². The van der Waals surface area contributed by atoms with Crippen LogP contribution in [-0.2, 0) is 11.3 Å². The second-order valence-corrected chi connectivity index (χ2v) is 5.05. The Labute approximate surface area is 118 Å². The monoisotopic (exact) mass is 288 g/mol. The molecule has 1 aliphatic carbocycles. The van der Waals surface area contributed by atoms with Crippen molar-refractivity contribution in [1.29, 1.82) is 0 Å². The van der Waals surface area contributed by atoms with Crippen molar-refractivity contribution in [2.24, 2.45) is 11.7 Å². The average Bonchev–Trinajstić information content (AvgIpc) is 2.73. The molecule has 1 fully saturated rings. The third-order valence-electron chi connectivity index (χ3n) is 3.20. The highest BCUT2D eigenvalue weighted by atomic mass is 35.5. The molecule has 1 aromatic carbocycles. The summed E-state index contributed by atoms with van der Waals surface area (Å²) in [6.45, 7) is 0.533. The van der Waals surface area contributed by atoms with E-state index in [4.69, 9.17) is 17.3 Å². The number of rotatable bonds is 3. The van der Waals surface area contributed by atoms with E-state index < -0.39 is 0 Å². The largest absolute Gasteiger partial charge is 0.352 e. The van der Waals surface area contributed by atoms with Gasteiger partial charge in [-0.2, -0.15) is 0 Å². The minimum Gasteiger partial charge on any atom is -0.352 e. The maximum Gasteiger partial charge on any atom is 0.223 e. The Bertz CT molecular complexity index is 412. The number of halogens is 2. The fourth-order valence-electron chi connectivity index (χ4n) is 2.23. The van der Waals surface area contributed by atoms with Gasteiger partial charge < -0.3 is 11.1 Å². The van der Waals surface area contributed by atoms with E-state index in [0.29, 0.717) is 11.6 Å². The normalized spacial score (nSPS) is 22.3. The lowest BCUT2D eigenvalue weighted by molar-refractivity contribution is -0.125. The Balaban J connectivity index is 0.00000162. The lowest BCUT2D eigenvalue weighted by Gasteiger charge is -2.10. The predicted molar refractivity (Wildman–Crippen MR) is 75.9 cm³/mol. The van der Waals surface area contributed by atoms with Crippen molar-refractivity contribution >= 4 is 29.9 Å². The van der Waals surface area contributed by atoms with Gasteiger partial charge in [-0.1, -0.05) is 23.7 Å². The molecule has 0 heterocycles. The highest BCUT2D eigenvalue weighted by Gasteiger charge is 2.27. The zero-order chi connectivity index (χ0) is 12.3. The number of amides is 1. The molecule has 100 valence electrons. The number of carbonyl (C=O) groups excluding carboxylic acids is 1. The van der Waals surface area contributed by atoms with Crippen LogP contribution >= 0.6 is 24.0 Å². The first kappa shape index (κ1) is 15.3. The van der Waals surface area contributed by atoms with Crippen LogP contribution < -0.4 is 11.1 Å². The van der Waals surface area contributed by atoms with E-state index in [2.05, 4.69) is 5.32 Å². The quantitative estimate of drug-likeness (QED) is 0.898. The van der Waals surface area contributed by atoms with Gasteiger partial charge in [0.1, 0.15) is 0 Å². The molecular formula is C13H18Cl2N2O. The SMILES string of the molecule is Cl.NC1CCC(C(=O)NCc2cccc(Cl)c2)C1. The number of benzene rings is 1. The van der Waals surface area contributed by atoms with Gasteiger partial charge in [0, 0.05) is 23.5 Å². The number of carbonyl (C=O) groups is 1. The Hall–Kier alpha value is -0.770. The fraction of sp³-hybridized carbons (Fsp3) is 0.462. The fourth-order valence-corrected chi connectivity index (χ4v) is 2.45. The predicted octanol–water partition coefficient (Wildman–Crippen LogP) is 2.51. The van der Waals surface area contributed by atoms with Crippen LogP contribution in [0, 0.1) is 5.92 Å². The molecule has 1 amide bonds. The minimum absolute atomic E-state index is 0.